The molecule has 2 heterocycles. The number of rotatable bonds is 8. The SMILES string of the molecule is COCCCOc1cc2c(cc1Cl)-c1c(cc(C(=O)O)c(=O)n1C1CC(F)(F)C1)C(C(C)C)O2. The van der Waals surface area contributed by atoms with Crippen LogP contribution in [0.3, 0.4) is 0 Å². The number of halogens is 3. The van der Waals surface area contributed by atoms with E-state index in [1.54, 1.807) is 19.2 Å². The summed E-state index contributed by atoms with van der Waals surface area (Å²) in [5.74, 6) is -3.66. The number of methoxy groups -OCH3 is 1. The number of hydrogen-bond acceptors (Lipinski definition) is 5. The Kier molecular flexibility index (Phi) is 6.61. The van der Waals surface area contributed by atoms with Crippen LogP contribution in [0.4, 0.5) is 8.78 Å². The van der Waals surface area contributed by atoms with E-state index in [0.717, 1.165) is 0 Å². The highest BCUT2D eigenvalue weighted by Gasteiger charge is 2.48. The number of hydrogen-bond donors (Lipinski definition) is 1. The largest absolute Gasteiger partial charge is 0.492 e. The second-order valence-electron chi connectivity index (χ2n) is 9.02. The number of fused-ring (bicyclic) bond motifs is 3. The van der Waals surface area contributed by atoms with Crippen molar-refractivity contribution in [2.24, 2.45) is 5.92 Å². The van der Waals surface area contributed by atoms with Gasteiger partial charge >= 0.3 is 5.97 Å². The first-order chi connectivity index (χ1) is 16.0. The van der Waals surface area contributed by atoms with Gasteiger partial charge in [0.1, 0.15) is 23.2 Å². The van der Waals surface area contributed by atoms with Gasteiger partial charge in [-0.25, -0.2) is 13.6 Å². The van der Waals surface area contributed by atoms with Crippen molar-refractivity contribution in [1.82, 2.24) is 4.57 Å². The lowest BCUT2D eigenvalue weighted by Crippen LogP contribution is -2.44. The number of aromatic carboxylic acids is 1. The third kappa shape index (κ3) is 4.38. The molecular weight excluding hydrogens is 472 g/mol. The maximum Gasteiger partial charge on any atom is 0.341 e. The van der Waals surface area contributed by atoms with Gasteiger partial charge in [-0.15, -0.1) is 0 Å². The van der Waals surface area contributed by atoms with Gasteiger partial charge < -0.3 is 23.9 Å². The highest BCUT2D eigenvalue weighted by atomic mass is 35.5. The Morgan fingerprint density at radius 1 is 1.29 bits per heavy atom. The van der Waals surface area contributed by atoms with Crippen molar-refractivity contribution in [2.45, 2.75) is 51.2 Å². The topological polar surface area (TPSA) is 87.0 Å². The van der Waals surface area contributed by atoms with E-state index >= 15 is 0 Å². The molecule has 1 aliphatic carbocycles. The van der Waals surface area contributed by atoms with Gasteiger partial charge in [0, 0.05) is 56.2 Å². The van der Waals surface area contributed by atoms with E-state index in [9.17, 15) is 23.5 Å². The van der Waals surface area contributed by atoms with Gasteiger partial charge in [0.05, 0.1) is 17.3 Å². The molecule has 1 unspecified atom stereocenters. The standard InChI is InChI=1S/C24H26ClF2NO6/c1-12(2)21-15-7-16(23(30)31)22(29)28(13-10-24(26,27)11-13)20(15)14-8-17(25)19(9-18(14)34-21)33-6-4-5-32-3/h7-9,12-13,21H,4-6,10-11H2,1-3H3,(H,30,31). The van der Waals surface area contributed by atoms with Crippen LogP contribution in [0.15, 0.2) is 23.0 Å². The van der Waals surface area contributed by atoms with Crippen molar-refractivity contribution in [1.29, 1.82) is 0 Å². The molecule has 4 rings (SSSR count). The van der Waals surface area contributed by atoms with Gasteiger partial charge in [-0.3, -0.25) is 4.79 Å². The number of aromatic nitrogens is 1. The van der Waals surface area contributed by atoms with E-state index in [1.165, 1.54) is 10.6 Å². The smallest absolute Gasteiger partial charge is 0.341 e. The van der Waals surface area contributed by atoms with Crippen LogP contribution in [-0.2, 0) is 4.74 Å². The lowest BCUT2D eigenvalue weighted by molar-refractivity contribution is -0.104. The molecule has 1 fully saturated rings. The Balaban J connectivity index is 1.90. The summed E-state index contributed by atoms with van der Waals surface area (Å²) in [6, 6.07) is 3.66. The lowest BCUT2D eigenvalue weighted by atomic mass is 9.84. The Morgan fingerprint density at radius 3 is 2.59 bits per heavy atom. The van der Waals surface area contributed by atoms with Crippen molar-refractivity contribution in [3.63, 3.8) is 0 Å². The van der Waals surface area contributed by atoms with E-state index in [2.05, 4.69) is 0 Å². The van der Waals surface area contributed by atoms with Crippen molar-refractivity contribution < 1.29 is 32.9 Å². The summed E-state index contributed by atoms with van der Waals surface area (Å²) < 4.78 is 45.8. The molecule has 2 aliphatic rings. The third-order valence-corrected chi connectivity index (χ3v) is 6.43. The average Bonchev–Trinajstić information content (AvgIpc) is 2.74. The molecule has 0 saturated heterocycles. The molecule has 0 amide bonds. The molecule has 10 heteroatoms. The molecule has 0 radical (unpaired) electrons. The zero-order valence-electron chi connectivity index (χ0n) is 19.1. The predicted octanol–water partition coefficient (Wildman–Crippen LogP) is 5.34. The molecule has 1 N–H and O–H groups in total. The first-order valence-electron chi connectivity index (χ1n) is 11.1. The Bertz CT molecular complexity index is 1170. The lowest BCUT2D eigenvalue weighted by Gasteiger charge is -2.40. The number of benzene rings is 1. The summed E-state index contributed by atoms with van der Waals surface area (Å²) in [5.41, 5.74) is -0.0396. The van der Waals surface area contributed by atoms with E-state index in [4.69, 9.17) is 25.8 Å². The first-order valence-corrected chi connectivity index (χ1v) is 11.4. The molecule has 1 aromatic heterocycles. The van der Waals surface area contributed by atoms with Gasteiger partial charge in [0.25, 0.3) is 11.5 Å². The van der Waals surface area contributed by atoms with Crippen molar-refractivity contribution in [2.75, 3.05) is 20.3 Å². The fraction of sp³-hybridized carbons (Fsp3) is 0.500. The van der Waals surface area contributed by atoms with E-state index in [-0.39, 0.29) is 10.9 Å². The zero-order chi connectivity index (χ0) is 24.8. The predicted molar refractivity (Wildman–Crippen MR) is 122 cm³/mol. The number of carbonyl (C=O) groups is 1. The molecule has 1 atom stereocenters. The maximum absolute atomic E-state index is 13.8. The molecular formula is C24H26ClF2NO6. The second-order valence-corrected chi connectivity index (χ2v) is 9.42. The van der Waals surface area contributed by atoms with Crippen LogP contribution in [0.2, 0.25) is 5.02 Å². The minimum atomic E-state index is -2.90. The summed E-state index contributed by atoms with van der Waals surface area (Å²) in [6.07, 6.45) is -1.04. The van der Waals surface area contributed by atoms with Gasteiger partial charge in [-0.1, -0.05) is 25.4 Å². The Morgan fingerprint density at radius 2 is 2.00 bits per heavy atom. The normalized spacial score (nSPS) is 18.6. The Labute approximate surface area is 200 Å². The summed E-state index contributed by atoms with van der Waals surface area (Å²) in [6.45, 7) is 4.67. The van der Waals surface area contributed by atoms with Gasteiger partial charge in [0.2, 0.25) is 0 Å². The van der Waals surface area contributed by atoms with Crippen LogP contribution < -0.4 is 15.0 Å². The summed E-state index contributed by atoms with van der Waals surface area (Å²) in [7, 11) is 1.59. The van der Waals surface area contributed by atoms with Gasteiger partial charge in [-0.2, -0.15) is 0 Å². The highest BCUT2D eigenvalue weighted by Crippen LogP contribution is 2.52. The van der Waals surface area contributed by atoms with Crippen LogP contribution >= 0.6 is 11.6 Å². The number of alkyl halides is 2. The zero-order valence-corrected chi connectivity index (χ0v) is 19.8. The fourth-order valence-electron chi connectivity index (χ4n) is 4.48. The molecule has 2 aromatic rings. The molecule has 1 aliphatic heterocycles. The van der Waals surface area contributed by atoms with E-state index in [0.29, 0.717) is 48.0 Å². The number of carboxylic acids is 1. The fourth-order valence-corrected chi connectivity index (χ4v) is 4.70. The summed E-state index contributed by atoms with van der Waals surface area (Å²) >= 11 is 6.47. The Hall–Kier alpha value is -2.65. The van der Waals surface area contributed by atoms with Crippen molar-refractivity contribution in [3.05, 3.63) is 44.7 Å². The van der Waals surface area contributed by atoms with Crippen molar-refractivity contribution >= 4 is 17.6 Å². The summed E-state index contributed by atoms with van der Waals surface area (Å²) in [5, 5.41) is 9.90. The first kappa shape index (κ1) is 24.5. The molecule has 1 saturated carbocycles. The van der Waals surface area contributed by atoms with Crippen LogP contribution in [0.25, 0.3) is 11.3 Å². The minimum Gasteiger partial charge on any atom is -0.492 e. The molecule has 0 bridgehead atoms. The number of carboxylic acid groups (broad SMARTS) is 1. The molecule has 1 aromatic carbocycles. The highest BCUT2D eigenvalue weighted by molar-refractivity contribution is 6.32. The van der Waals surface area contributed by atoms with Crippen molar-refractivity contribution in [3.8, 4) is 22.8 Å². The van der Waals surface area contributed by atoms with E-state index < -0.39 is 48.0 Å². The van der Waals surface area contributed by atoms with E-state index in [1.807, 2.05) is 13.8 Å². The minimum absolute atomic E-state index is 0.107. The molecule has 0 spiro atoms. The molecule has 184 valence electrons. The second kappa shape index (κ2) is 9.19. The molecule has 34 heavy (non-hydrogen) atoms. The number of pyridine rings is 1. The van der Waals surface area contributed by atoms with Crippen LogP contribution in [0, 0.1) is 5.92 Å². The van der Waals surface area contributed by atoms with Gasteiger partial charge in [0.15, 0.2) is 0 Å². The number of ether oxygens (including phenoxy) is 3. The monoisotopic (exact) mass is 497 g/mol. The summed E-state index contributed by atoms with van der Waals surface area (Å²) in [4.78, 5) is 25.0. The maximum atomic E-state index is 13.8. The number of nitrogens with zero attached hydrogens (tertiary/aromatic N) is 1. The quantitative estimate of drug-likeness (QED) is 0.495. The van der Waals surface area contributed by atoms with Crippen LogP contribution in [-0.4, -0.2) is 41.9 Å². The third-order valence-electron chi connectivity index (χ3n) is 6.13. The molecule has 7 nitrogen and oxygen atoms in total. The van der Waals surface area contributed by atoms with Crippen LogP contribution in [0.1, 0.15) is 61.2 Å². The van der Waals surface area contributed by atoms with Crippen LogP contribution in [0.5, 0.6) is 11.5 Å². The average molecular weight is 498 g/mol. The van der Waals surface area contributed by atoms with Gasteiger partial charge in [-0.05, 0) is 18.1 Å².